The Morgan fingerprint density at radius 2 is 1.78 bits per heavy atom. The number of amides is 3. The molecule has 2 aromatic carbocycles. The van der Waals surface area contributed by atoms with E-state index < -0.39 is 23.5 Å². The second-order valence-electron chi connectivity index (χ2n) is 5.17. The molecular weight excluding hydrogens is 299 g/mol. The van der Waals surface area contributed by atoms with E-state index in [0.29, 0.717) is 16.8 Å². The molecule has 0 aromatic heterocycles. The van der Waals surface area contributed by atoms with Crippen LogP contribution in [-0.2, 0) is 16.0 Å². The van der Waals surface area contributed by atoms with Crippen LogP contribution in [0.4, 0.5) is 10.1 Å². The fraction of sp³-hybridized carbons (Fsp3) is 0.118. The van der Waals surface area contributed by atoms with Crippen LogP contribution in [0, 0.1) is 5.82 Å². The normalized spacial score (nSPS) is 13.7. The number of carbonyl (C=O) groups excluding carboxylic acids is 3. The van der Waals surface area contributed by atoms with Gasteiger partial charge in [-0.25, -0.2) is 4.39 Å². The molecule has 116 valence electrons. The van der Waals surface area contributed by atoms with Gasteiger partial charge in [0, 0.05) is 11.3 Å². The summed E-state index contributed by atoms with van der Waals surface area (Å²) in [5, 5.41) is 2.53. The highest BCUT2D eigenvalue weighted by atomic mass is 19.1. The van der Waals surface area contributed by atoms with Crippen molar-refractivity contribution in [1.29, 1.82) is 0 Å². The Morgan fingerprint density at radius 3 is 2.52 bits per heavy atom. The number of rotatable bonds is 3. The fourth-order valence-corrected chi connectivity index (χ4v) is 2.44. The van der Waals surface area contributed by atoms with Crippen molar-refractivity contribution in [2.45, 2.75) is 6.42 Å². The van der Waals surface area contributed by atoms with Crippen LogP contribution in [-0.4, -0.2) is 29.2 Å². The van der Waals surface area contributed by atoms with Crippen LogP contribution in [0.15, 0.2) is 48.5 Å². The quantitative estimate of drug-likeness (QED) is 0.881. The Kier molecular flexibility index (Phi) is 3.89. The number of halogens is 1. The number of imide groups is 1. The molecule has 0 spiro atoms. The molecule has 3 rings (SSSR count). The molecule has 1 heterocycles. The van der Waals surface area contributed by atoms with Gasteiger partial charge in [-0.1, -0.05) is 18.2 Å². The number of hydrogen-bond donors (Lipinski definition) is 1. The maximum Gasteiger partial charge on any atom is 0.261 e. The average Bonchev–Trinajstić information content (AvgIpc) is 2.54. The van der Waals surface area contributed by atoms with Crippen LogP contribution in [0.3, 0.4) is 0 Å². The third-order valence-electron chi connectivity index (χ3n) is 3.57. The standard InChI is InChI=1S/C17H13FN2O3/c18-12-5-7-13(8-6-12)19-15(21)10-20-16(22)9-11-3-1-2-4-14(11)17(20)23/h1-8H,9-10H2,(H,19,21). The molecule has 2 aromatic rings. The van der Waals surface area contributed by atoms with Crippen molar-refractivity contribution in [3.63, 3.8) is 0 Å². The largest absolute Gasteiger partial charge is 0.325 e. The molecule has 0 radical (unpaired) electrons. The van der Waals surface area contributed by atoms with E-state index in [0.717, 1.165) is 4.90 Å². The smallest absolute Gasteiger partial charge is 0.261 e. The predicted molar refractivity (Wildman–Crippen MR) is 81.2 cm³/mol. The summed E-state index contributed by atoms with van der Waals surface area (Å²) in [6.45, 7) is -0.372. The third-order valence-corrected chi connectivity index (χ3v) is 3.57. The SMILES string of the molecule is O=C(CN1C(=O)Cc2ccccc2C1=O)Nc1ccc(F)cc1. The van der Waals surface area contributed by atoms with Crippen molar-refractivity contribution in [2.75, 3.05) is 11.9 Å². The summed E-state index contributed by atoms with van der Waals surface area (Å²) < 4.78 is 12.8. The molecule has 1 aliphatic rings. The van der Waals surface area contributed by atoms with Gasteiger partial charge in [0.05, 0.1) is 6.42 Å². The fourth-order valence-electron chi connectivity index (χ4n) is 2.44. The van der Waals surface area contributed by atoms with Crippen molar-refractivity contribution in [3.8, 4) is 0 Å². The molecule has 1 aliphatic heterocycles. The van der Waals surface area contributed by atoms with Crippen LogP contribution < -0.4 is 5.32 Å². The van der Waals surface area contributed by atoms with Crippen molar-refractivity contribution >= 4 is 23.4 Å². The van der Waals surface area contributed by atoms with Crippen LogP contribution in [0.1, 0.15) is 15.9 Å². The molecular formula is C17H13FN2O3. The number of benzene rings is 2. The number of nitrogens with zero attached hydrogens (tertiary/aromatic N) is 1. The molecule has 3 amide bonds. The van der Waals surface area contributed by atoms with Gasteiger partial charge in [-0.15, -0.1) is 0 Å². The molecule has 0 unspecified atom stereocenters. The first-order valence-electron chi connectivity index (χ1n) is 7.02. The highest BCUT2D eigenvalue weighted by Crippen LogP contribution is 2.19. The first kappa shape index (κ1) is 14.9. The molecule has 0 fully saturated rings. The summed E-state index contributed by atoms with van der Waals surface area (Å²) in [6.07, 6.45) is 0.0890. The van der Waals surface area contributed by atoms with E-state index in [9.17, 15) is 18.8 Å². The van der Waals surface area contributed by atoms with Crippen LogP contribution in [0.25, 0.3) is 0 Å². The van der Waals surface area contributed by atoms with Gasteiger partial charge in [0.25, 0.3) is 5.91 Å². The molecule has 23 heavy (non-hydrogen) atoms. The second kappa shape index (κ2) is 6.00. The summed E-state index contributed by atoms with van der Waals surface area (Å²) in [5.41, 5.74) is 1.49. The maximum absolute atomic E-state index is 12.8. The van der Waals surface area contributed by atoms with Crippen LogP contribution in [0.5, 0.6) is 0 Å². The highest BCUT2D eigenvalue weighted by Gasteiger charge is 2.31. The molecule has 0 aliphatic carbocycles. The lowest BCUT2D eigenvalue weighted by atomic mass is 9.98. The summed E-state index contributed by atoms with van der Waals surface area (Å²) in [4.78, 5) is 37.4. The number of carbonyl (C=O) groups is 3. The zero-order valence-electron chi connectivity index (χ0n) is 12.1. The minimum absolute atomic E-state index is 0.0890. The summed E-state index contributed by atoms with van der Waals surface area (Å²) in [6, 6.07) is 12.1. The Bertz CT molecular complexity index is 787. The van der Waals surface area contributed by atoms with Crippen molar-refractivity contribution in [2.24, 2.45) is 0 Å². The van der Waals surface area contributed by atoms with E-state index >= 15 is 0 Å². The number of nitrogens with one attached hydrogen (secondary N) is 1. The maximum atomic E-state index is 12.8. The van der Waals surface area contributed by atoms with E-state index in [4.69, 9.17) is 0 Å². The van der Waals surface area contributed by atoms with Gasteiger partial charge >= 0.3 is 0 Å². The molecule has 6 heteroatoms. The lowest BCUT2D eigenvalue weighted by Crippen LogP contribution is -2.46. The van der Waals surface area contributed by atoms with Crippen LogP contribution >= 0.6 is 0 Å². The Balaban J connectivity index is 1.72. The number of fused-ring (bicyclic) bond motifs is 1. The highest BCUT2D eigenvalue weighted by molar-refractivity contribution is 6.12. The van der Waals surface area contributed by atoms with E-state index in [1.807, 2.05) is 0 Å². The first-order chi connectivity index (χ1) is 11.0. The molecule has 0 atom stereocenters. The van der Waals surface area contributed by atoms with Crippen molar-refractivity contribution in [3.05, 3.63) is 65.5 Å². The molecule has 1 N–H and O–H groups in total. The number of hydrogen-bond acceptors (Lipinski definition) is 3. The zero-order chi connectivity index (χ0) is 16.4. The van der Waals surface area contributed by atoms with E-state index in [2.05, 4.69) is 5.32 Å². The van der Waals surface area contributed by atoms with Gasteiger partial charge in [0.15, 0.2) is 0 Å². The topological polar surface area (TPSA) is 66.5 Å². The lowest BCUT2D eigenvalue weighted by molar-refractivity contribution is -0.131. The minimum Gasteiger partial charge on any atom is -0.325 e. The minimum atomic E-state index is -0.516. The van der Waals surface area contributed by atoms with Crippen molar-refractivity contribution < 1.29 is 18.8 Å². The van der Waals surface area contributed by atoms with Gasteiger partial charge in [-0.05, 0) is 35.9 Å². The number of anilines is 1. The summed E-state index contributed by atoms with van der Waals surface area (Å²) in [7, 11) is 0. The van der Waals surface area contributed by atoms with E-state index in [-0.39, 0.29) is 13.0 Å². The van der Waals surface area contributed by atoms with Crippen molar-refractivity contribution in [1.82, 2.24) is 4.90 Å². The average molecular weight is 312 g/mol. The Labute approximate surface area is 131 Å². The zero-order valence-corrected chi connectivity index (χ0v) is 12.1. The molecule has 0 saturated heterocycles. The van der Waals surface area contributed by atoms with Gasteiger partial charge in [-0.3, -0.25) is 19.3 Å². The monoisotopic (exact) mass is 312 g/mol. The Morgan fingerprint density at radius 1 is 1.09 bits per heavy atom. The molecule has 0 bridgehead atoms. The lowest BCUT2D eigenvalue weighted by Gasteiger charge is -2.26. The van der Waals surface area contributed by atoms with Gasteiger partial charge in [0.2, 0.25) is 11.8 Å². The van der Waals surface area contributed by atoms with Gasteiger partial charge in [0.1, 0.15) is 12.4 Å². The van der Waals surface area contributed by atoms with E-state index in [1.54, 1.807) is 24.3 Å². The van der Waals surface area contributed by atoms with Gasteiger partial charge in [-0.2, -0.15) is 0 Å². The van der Waals surface area contributed by atoms with Gasteiger partial charge < -0.3 is 5.32 Å². The first-order valence-corrected chi connectivity index (χ1v) is 7.02. The van der Waals surface area contributed by atoms with E-state index in [1.165, 1.54) is 24.3 Å². The third kappa shape index (κ3) is 3.11. The molecule has 5 nitrogen and oxygen atoms in total. The van der Waals surface area contributed by atoms with Crippen LogP contribution in [0.2, 0.25) is 0 Å². The second-order valence-corrected chi connectivity index (χ2v) is 5.17. The predicted octanol–water partition coefficient (Wildman–Crippen LogP) is 1.99. The summed E-state index contributed by atoms with van der Waals surface area (Å²) >= 11 is 0. The molecule has 0 saturated carbocycles. The summed E-state index contributed by atoms with van der Waals surface area (Å²) in [5.74, 6) is -1.83. The Hall–Kier alpha value is -3.02.